The zero-order chi connectivity index (χ0) is 14.7. The fraction of sp³-hybridized carbons (Fsp3) is 0.286. The van der Waals surface area contributed by atoms with Crippen LogP contribution in [0, 0.1) is 16.0 Å². The highest BCUT2D eigenvalue weighted by molar-refractivity contribution is 9.10. The summed E-state index contributed by atoms with van der Waals surface area (Å²) in [5, 5.41) is 16.3. The van der Waals surface area contributed by atoms with Crippen LogP contribution in [0.5, 0.6) is 0 Å². The number of hydrogen-bond acceptors (Lipinski definition) is 4. The normalized spacial score (nSPS) is 12.4. The van der Waals surface area contributed by atoms with E-state index >= 15 is 0 Å². The third kappa shape index (κ3) is 3.37. The van der Waals surface area contributed by atoms with E-state index in [9.17, 15) is 10.1 Å². The summed E-state index contributed by atoms with van der Waals surface area (Å²) in [5.74, 6) is 0.375. The lowest BCUT2D eigenvalue weighted by Crippen LogP contribution is -2.16. The van der Waals surface area contributed by atoms with Crippen LogP contribution < -0.4 is 5.32 Å². The Morgan fingerprint density at radius 3 is 2.65 bits per heavy atom. The summed E-state index contributed by atoms with van der Waals surface area (Å²) in [6.45, 7) is 4.26. The number of halogens is 1. The first-order chi connectivity index (χ1) is 9.49. The van der Waals surface area contributed by atoms with Gasteiger partial charge in [0.1, 0.15) is 0 Å². The van der Waals surface area contributed by atoms with Crippen molar-refractivity contribution >= 4 is 38.6 Å². The molecule has 1 aromatic carbocycles. The molecule has 0 aliphatic rings. The number of nitrogens with one attached hydrogen (secondary N) is 1. The molecule has 1 aromatic heterocycles. The Kier molecular flexibility index (Phi) is 4.77. The SMILES string of the molecule is CC(C)C(Nc1cc([N+](=O)[O-])ccc1Br)c1cccs1. The summed E-state index contributed by atoms with van der Waals surface area (Å²) in [7, 11) is 0. The number of nitro groups is 1. The number of nitrogens with zero attached hydrogens (tertiary/aromatic N) is 1. The maximum Gasteiger partial charge on any atom is 0.271 e. The maximum atomic E-state index is 10.9. The van der Waals surface area contributed by atoms with Crippen LogP contribution in [-0.4, -0.2) is 4.92 Å². The van der Waals surface area contributed by atoms with E-state index in [4.69, 9.17) is 0 Å². The maximum absolute atomic E-state index is 10.9. The van der Waals surface area contributed by atoms with Crippen LogP contribution in [0.1, 0.15) is 24.8 Å². The van der Waals surface area contributed by atoms with E-state index in [1.807, 2.05) is 11.4 Å². The number of rotatable bonds is 5. The molecular weight excluding hydrogens is 340 g/mol. The average Bonchev–Trinajstić information content (AvgIpc) is 2.90. The van der Waals surface area contributed by atoms with Gasteiger partial charge in [-0.15, -0.1) is 11.3 Å². The molecule has 1 heterocycles. The van der Waals surface area contributed by atoms with E-state index < -0.39 is 0 Å². The van der Waals surface area contributed by atoms with Crippen molar-refractivity contribution in [3.8, 4) is 0 Å². The minimum Gasteiger partial charge on any atom is -0.376 e. The molecule has 20 heavy (non-hydrogen) atoms. The summed E-state index contributed by atoms with van der Waals surface area (Å²) in [4.78, 5) is 11.7. The molecule has 6 heteroatoms. The van der Waals surface area contributed by atoms with Gasteiger partial charge in [0.25, 0.3) is 5.69 Å². The van der Waals surface area contributed by atoms with Crippen LogP contribution >= 0.6 is 27.3 Å². The molecule has 4 nitrogen and oxygen atoms in total. The number of benzene rings is 1. The number of anilines is 1. The molecule has 0 spiro atoms. The molecule has 2 aromatic rings. The monoisotopic (exact) mass is 354 g/mol. The standard InChI is InChI=1S/C14H15BrN2O2S/c1-9(2)14(13-4-3-7-20-13)16-12-8-10(17(18)19)5-6-11(12)15/h3-9,14,16H,1-2H3. The number of nitro benzene ring substituents is 1. The van der Waals surface area contributed by atoms with Crippen LogP contribution in [0.2, 0.25) is 0 Å². The second-order valence-electron chi connectivity index (χ2n) is 4.80. The molecule has 0 amide bonds. The fourth-order valence-electron chi connectivity index (χ4n) is 1.94. The van der Waals surface area contributed by atoms with Crippen molar-refractivity contribution in [2.75, 3.05) is 5.32 Å². The Morgan fingerprint density at radius 1 is 1.35 bits per heavy atom. The van der Waals surface area contributed by atoms with Crippen molar-refractivity contribution in [3.63, 3.8) is 0 Å². The van der Waals surface area contributed by atoms with E-state index in [0.29, 0.717) is 5.92 Å². The van der Waals surface area contributed by atoms with Crippen molar-refractivity contribution in [3.05, 3.63) is 55.2 Å². The van der Waals surface area contributed by atoms with Gasteiger partial charge in [-0.25, -0.2) is 0 Å². The highest BCUT2D eigenvalue weighted by Gasteiger charge is 2.19. The Labute approximate surface area is 130 Å². The molecule has 0 saturated carbocycles. The van der Waals surface area contributed by atoms with E-state index in [2.05, 4.69) is 41.2 Å². The molecule has 1 unspecified atom stereocenters. The third-order valence-electron chi connectivity index (χ3n) is 2.99. The van der Waals surface area contributed by atoms with Gasteiger partial charge in [0.2, 0.25) is 0 Å². The first-order valence-electron chi connectivity index (χ1n) is 6.23. The number of thiophene rings is 1. The number of hydrogen-bond donors (Lipinski definition) is 1. The van der Waals surface area contributed by atoms with Gasteiger partial charge in [0.15, 0.2) is 0 Å². The second-order valence-corrected chi connectivity index (χ2v) is 6.64. The van der Waals surface area contributed by atoms with Crippen LogP contribution in [-0.2, 0) is 0 Å². The fourth-order valence-corrected chi connectivity index (χ4v) is 3.25. The topological polar surface area (TPSA) is 55.2 Å². The Hall–Kier alpha value is -1.40. The van der Waals surface area contributed by atoms with Crippen LogP contribution in [0.4, 0.5) is 11.4 Å². The Morgan fingerprint density at radius 2 is 2.10 bits per heavy atom. The van der Waals surface area contributed by atoms with Gasteiger partial charge in [-0.3, -0.25) is 10.1 Å². The van der Waals surface area contributed by atoms with Gasteiger partial charge < -0.3 is 5.32 Å². The Balaban J connectivity index is 2.31. The smallest absolute Gasteiger partial charge is 0.271 e. The van der Waals surface area contributed by atoms with Crippen LogP contribution in [0.15, 0.2) is 40.2 Å². The summed E-state index contributed by atoms with van der Waals surface area (Å²) in [6.07, 6.45) is 0. The number of non-ortho nitro benzene ring substituents is 1. The van der Waals surface area contributed by atoms with E-state index in [1.54, 1.807) is 23.5 Å². The van der Waals surface area contributed by atoms with Crippen molar-refractivity contribution in [1.29, 1.82) is 0 Å². The molecule has 106 valence electrons. The third-order valence-corrected chi connectivity index (χ3v) is 4.64. The zero-order valence-corrected chi connectivity index (χ0v) is 13.6. The highest BCUT2D eigenvalue weighted by Crippen LogP contribution is 2.34. The van der Waals surface area contributed by atoms with E-state index in [1.165, 1.54) is 10.9 Å². The van der Waals surface area contributed by atoms with Gasteiger partial charge in [0.05, 0.1) is 16.7 Å². The molecule has 0 fully saturated rings. The predicted octanol–water partition coefficient (Wildman–Crippen LogP) is 5.23. The van der Waals surface area contributed by atoms with Gasteiger partial charge in [-0.05, 0) is 39.4 Å². The molecule has 0 aliphatic carbocycles. The van der Waals surface area contributed by atoms with Gasteiger partial charge >= 0.3 is 0 Å². The lowest BCUT2D eigenvalue weighted by molar-refractivity contribution is -0.384. The zero-order valence-electron chi connectivity index (χ0n) is 11.2. The molecule has 2 rings (SSSR count). The first-order valence-corrected chi connectivity index (χ1v) is 7.90. The summed E-state index contributed by atoms with van der Waals surface area (Å²) < 4.78 is 0.824. The molecule has 0 bridgehead atoms. The average molecular weight is 355 g/mol. The van der Waals surface area contributed by atoms with Crippen molar-refractivity contribution < 1.29 is 4.92 Å². The largest absolute Gasteiger partial charge is 0.376 e. The van der Waals surface area contributed by atoms with Crippen molar-refractivity contribution in [1.82, 2.24) is 0 Å². The van der Waals surface area contributed by atoms with Gasteiger partial charge in [0, 0.05) is 21.5 Å². The van der Waals surface area contributed by atoms with Crippen molar-refractivity contribution in [2.45, 2.75) is 19.9 Å². The minimum atomic E-state index is -0.382. The van der Waals surface area contributed by atoms with Gasteiger partial charge in [-0.1, -0.05) is 19.9 Å². The molecule has 1 N–H and O–H groups in total. The minimum absolute atomic E-state index is 0.0874. The summed E-state index contributed by atoms with van der Waals surface area (Å²) >= 11 is 5.12. The van der Waals surface area contributed by atoms with Crippen molar-refractivity contribution in [2.24, 2.45) is 5.92 Å². The van der Waals surface area contributed by atoms with E-state index in [-0.39, 0.29) is 16.7 Å². The van der Waals surface area contributed by atoms with Crippen LogP contribution in [0.3, 0.4) is 0 Å². The first kappa shape index (κ1) is 15.0. The van der Waals surface area contributed by atoms with Crippen LogP contribution in [0.25, 0.3) is 0 Å². The van der Waals surface area contributed by atoms with E-state index in [0.717, 1.165) is 10.2 Å². The second kappa shape index (κ2) is 6.37. The lowest BCUT2D eigenvalue weighted by Gasteiger charge is -2.23. The predicted molar refractivity (Wildman–Crippen MR) is 86.3 cm³/mol. The Bertz CT molecular complexity index is 599. The molecule has 1 atom stereocenters. The highest BCUT2D eigenvalue weighted by atomic mass is 79.9. The quantitative estimate of drug-likeness (QED) is 0.590. The van der Waals surface area contributed by atoms with Gasteiger partial charge in [-0.2, -0.15) is 0 Å². The lowest BCUT2D eigenvalue weighted by atomic mass is 10.0. The molecular formula is C14H15BrN2O2S. The summed E-state index contributed by atoms with van der Waals surface area (Å²) in [5.41, 5.74) is 0.829. The molecule has 0 radical (unpaired) electrons. The molecule has 0 saturated heterocycles. The molecule has 0 aliphatic heterocycles. The summed E-state index contributed by atoms with van der Waals surface area (Å²) in [6, 6.07) is 8.98.